The third kappa shape index (κ3) is 2.63. The van der Waals surface area contributed by atoms with Crippen molar-refractivity contribution in [2.24, 2.45) is 7.05 Å². The van der Waals surface area contributed by atoms with E-state index in [1.807, 2.05) is 36.9 Å². The first-order valence-corrected chi connectivity index (χ1v) is 7.56. The Morgan fingerprint density at radius 3 is 2.52 bits per heavy atom. The smallest absolute Gasteiger partial charge is 0.180 e. The molecular weight excluding hydrogens is 377 g/mol. The highest BCUT2D eigenvalue weighted by atomic mass is 127. The molecule has 0 aliphatic heterocycles. The molecule has 6 heteroatoms. The van der Waals surface area contributed by atoms with E-state index in [9.17, 15) is 0 Å². The summed E-state index contributed by atoms with van der Waals surface area (Å²) in [5.41, 5.74) is 2.89. The summed E-state index contributed by atoms with van der Waals surface area (Å²) in [5, 5.41) is 3.14. The molecule has 0 bridgehead atoms. The molecule has 0 spiro atoms. The largest absolute Gasteiger partial charge is 0.372 e. The summed E-state index contributed by atoms with van der Waals surface area (Å²) in [6.45, 7) is 0. The monoisotopic (exact) mass is 391 g/mol. The molecule has 5 nitrogen and oxygen atoms in total. The Balaban J connectivity index is 2.23. The van der Waals surface area contributed by atoms with E-state index in [-0.39, 0.29) is 0 Å². The van der Waals surface area contributed by atoms with Gasteiger partial charge in [0.25, 0.3) is 0 Å². The number of rotatable bonds is 3. The molecule has 0 aliphatic carbocycles. The number of benzene rings is 1. The van der Waals surface area contributed by atoms with E-state index in [0.717, 1.165) is 26.3 Å². The van der Waals surface area contributed by atoms with E-state index >= 15 is 0 Å². The molecule has 0 amide bonds. The molecule has 21 heavy (non-hydrogen) atoms. The van der Waals surface area contributed by atoms with E-state index in [1.165, 1.54) is 0 Å². The summed E-state index contributed by atoms with van der Waals surface area (Å²) in [5.74, 6) is 1.49. The minimum Gasteiger partial charge on any atom is -0.372 e. The molecule has 0 atom stereocenters. The molecule has 0 fully saturated rings. The maximum Gasteiger partial charge on any atom is 0.180 e. The number of nitrogens with one attached hydrogen (secondary N) is 1. The zero-order valence-electron chi connectivity index (χ0n) is 11.7. The van der Waals surface area contributed by atoms with Crippen LogP contribution >= 0.6 is 22.6 Å². The van der Waals surface area contributed by atoms with Gasteiger partial charge in [0.15, 0.2) is 5.82 Å². The van der Waals surface area contributed by atoms with Crippen LogP contribution in [-0.4, -0.2) is 26.6 Å². The predicted octanol–water partition coefficient (Wildman–Crippen LogP) is 3.19. The van der Waals surface area contributed by atoms with Gasteiger partial charge in [0, 0.05) is 19.7 Å². The molecule has 0 saturated carbocycles. The van der Waals surface area contributed by atoms with Crippen molar-refractivity contribution in [1.82, 2.24) is 19.5 Å². The van der Waals surface area contributed by atoms with Crippen molar-refractivity contribution in [2.45, 2.75) is 0 Å². The van der Waals surface area contributed by atoms with Gasteiger partial charge < -0.3 is 9.88 Å². The number of aromatic nitrogens is 4. The Bertz CT molecular complexity index is 767. The molecule has 2 aromatic heterocycles. The molecule has 1 aromatic carbocycles. The number of imidazole rings is 1. The standard InChI is InChI=1S/C15H14IN5/c1-17-15-12(16)13(10-6-4-3-5-7-10)19-14(20-15)11-8-18-9-21(11)2/h3-9H,1-2H3,(H,17,19,20). The molecule has 2 heterocycles. The number of hydrogen-bond donors (Lipinski definition) is 1. The summed E-state index contributed by atoms with van der Waals surface area (Å²) >= 11 is 2.28. The highest BCUT2D eigenvalue weighted by molar-refractivity contribution is 14.1. The molecule has 3 rings (SSSR count). The Kier molecular flexibility index (Phi) is 3.87. The molecule has 1 N–H and O–H groups in total. The van der Waals surface area contributed by atoms with E-state index in [2.05, 4.69) is 50.0 Å². The number of anilines is 1. The Labute approximate surface area is 136 Å². The van der Waals surface area contributed by atoms with Gasteiger partial charge in [0.2, 0.25) is 0 Å². The lowest BCUT2D eigenvalue weighted by atomic mass is 10.1. The molecular formula is C15H14IN5. The number of nitrogens with zero attached hydrogens (tertiary/aromatic N) is 4. The van der Waals surface area contributed by atoms with Gasteiger partial charge in [-0.15, -0.1) is 0 Å². The van der Waals surface area contributed by atoms with E-state index in [1.54, 1.807) is 12.5 Å². The fourth-order valence-electron chi connectivity index (χ4n) is 2.09. The van der Waals surface area contributed by atoms with Gasteiger partial charge in [-0.3, -0.25) is 0 Å². The van der Waals surface area contributed by atoms with Crippen LogP contribution < -0.4 is 5.32 Å². The molecule has 3 aromatic rings. The van der Waals surface area contributed by atoms with Crippen LogP contribution in [-0.2, 0) is 7.05 Å². The SMILES string of the molecule is CNc1nc(-c2cncn2C)nc(-c2ccccc2)c1I. The second kappa shape index (κ2) is 5.80. The predicted molar refractivity (Wildman–Crippen MR) is 91.9 cm³/mol. The molecule has 106 valence electrons. The summed E-state index contributed by atoms with van der Waals surface area (Å²) in [6, 6.07) is 10.1. The zero-order valence-corrected chi connectivity index (χ0v) is 13.9. The first-order chi connectivity index (χ1) is 10.2. The lowest BCUT2D eigenvalue weighted by molar-refractivity contribution is 0.908. The summed E-state index contributed by atoms with van der Waals surface area (Å²) < 4.78 is 2.92. The van der Waals surface area contributed by atoms with Crippen LogP contribution in [0.4, 0.5) is 5.82 Å². The number of hydrogen-bond acceptors (Lipinski definition) is 4. The quantitative estimate of drug-likeness (QED) is 0.697. The molecule has 0 unspecified atom stereocenters. The highest BCUT2D eigenvalue weighted by Crippen LogP contribution is 2.30. The highest BCUT2D eigenvalue weighted by Gasteiger charge is 2.15. The van der Waals surface area contributed by atoms with Crippen LogP contribution in [0.15, 0.2) is 42.9 Å². The second-order valence-corrected chi connectivity index (χ2v) is 5.64. The van der Waals surface area contributed by atoms with Crippen LogP contribution in [0.1, 0.15) is 0 Å². The van der Waals surface area contributed by atoms with Crippen LogP contribution in [0.25, 0.3) is 22.8 Å². The van der Waals surface area contributed by atoms with Crippen LogP contribution in [0.2, 0.25) is 0 Å². The normalized spacial score (nSPS) is 10.6. The van der Waals surface area contributed by atoms with E-state index in [0.29, 0.717) is 5.82 Å². The fraction of sp³-hybridized carbons (Fsp3) is 0.133. The van der Waals surface area contributed by atoms with Crippen LogP contribution in [0.3, 0.4) is 0 Å². The van der Waals surface area contributed by atoms with Crippen molar-refractivity contribution in [2.75, 3.05) is 12.4 Å². The van der Waals surface area contributed by atoms with E-state index < -0.39 is 0 Å². The van der Waals surface area contributed by atoms with Crippen molar-refractivity contribution in [3.05, 3.63) is 46.4 Å². The maximum atomic E-state index is 4.73. The van der Waals surface area contributed by atoms with Crippen molar-refractivity contribution in [3.63, 3.8) is 0 Å². The van der Waals surface area contributed by atoms with Gasteiger partial charge in [-0.1, -0.05) is 30.3 Å². The maximum absolute atomic E-state index is 4.73. The molecule has 0 radical (unpaired) electrons. The summed E-state index contributed by atoms with van der Waals surface area (Å²) in [6.07, 6.45) is 3.52. The zero-order chi connectivity index (χ0) is 14.8. The van der Waals surface area contributed by atoms with Crippen molar-refractivity contribution >= 4 is 28.4 Å². The number of halogens is 1. The van der Waals surface area contributed by atoms with Gasteiger partial charge in [-0.25, -0.2) is 15.0 Å². The van der Waals surface area contributed by atoms with Crippen molar-refractivity contribution in [3.8, 4) is 22.8 Å². The Morgan fingerprint density at radius 1 is 1.14 bits per heavy atom. The van der Waals surface area contributed by atoms with Gasteiger partial charge in [-0.2, -0.15) is 0 Å². The fourth-order valence-corrected chi connectivity index (χ4v) is 2.91. The van der Waals surface area contributed by atoms with Gasteiger partial charge >= 0.3 is 0 Å². The third-order valence-corrected chi connectivity index (χ3v) is 4.20. The first-order valence-electron chi connectivity index (χ1n) is 6.48. The lowest BCUT2D eigenvalue weighted by Gasteiger charge is -2.11. The minimum absolute atomic E-state index is 0.665. The summed E-state index contributed by atoms with van der Waals surface area (Å²) in [4.78, 5) is 13.5. The van der Waals surface area contributed by atoms with Crippen molar-refractivity contribution < 1.29 is 0 Å². The van der Waals surface area contributed by atoms with Gasteiger partial charge in [-0.05, 0) is 22.6 Å². The van der Waals surface area contributed by atoms with Gasteiger partial charge in [0.05, 0.1) is 21.8 Å². The van der Waals surface area contributed by atoms with Crippen LogP contribution in [0.5, 0.6) is 0 Å². The van der Waals surface area contributed by atoms with Crippen LogP contribution in [0, 0.1) is 3.57 Å². The Hall–Kier alpha value is -1.96. The minimum atomic E-state index is 0.665. The molecule has 0 saturated heterocycles. The number of aryl methyl sites for hydroxylation is 1. The van der Waals surface area contributed by atoms with E-state index in [4.69, 9.17) is 4.98 Å². The third-order valence-electron chi connectivity index (χ3n) is 3.18. The first kappa shape index (κ1) is 14.0. The molecule has 0 aliphatic rings. The topological polar surface area (TPSA) is 55.6 Å². The Morgan fingerprint density at radius 2 is 1.90 bits per heavy atom. The second-order valence-electron chi connectivity index (χ2n) is 4.56. The van der Waals surface area contributed by atoms with Crippen molar-refractivity contribution in [1.29, 1.82) is 0 Å². The van der Waals surface area contributed by atoms with Gasteiger partial charge in [0.1, 0.15) is 11.5 Å². The average molecular weight is 391 g/mol. The summed E-state index contributed by atoms with van der Waals surface area (Å²) in [7, 11) is 3.80. The lowest BCUT2D eigenvalue weighted by Crippen LogP contribution is -2.04. The average Bonchev–Trinajstić information content (AvgIpc) is 2.94.